The first kappa shape index (κ1) is 9.28. The van der Waals surface area contributed by atoms with Gasteiger partial charge in [-0.3, -0.25) is 0 Å². The Morgan fingerprint density at radius 1 is 1.50 bits per heavy atom. The van der Waals surface area contributed by atoms with Crippen molar-refractivity contribution in [3.8, 4) is 6.07 Å². The molecule has 0 radical (unpaired) electrons. The minimum absolute atomic E-state index is 0.310. The highest BCUT2D eigenvalue weighted by Crippen LogP contribution is 2.15. The topological polar surface area (TPSA) is 27.0 Å². The zero-order valence-electron chi connectivity index (χ0n) is 7.50. The molecule has 0 unspecified atom stereocenters. The van der Waals surface area contributed by atoms with E-state index in [2.05, 4.69) is 17.5 Å². The molecule has 0 spiro atoms. The molecule has 1 aliphatic heterocycles. The van der Waals surface area contributed by atoms with Crippen LogP contribution >= 0.6 is 0 Å². The zero-order valence-corrected chi connectivity index (χ0v) is 7.50. The van der Waals surface area contributed by atoms with Crippen molar-refractivity contribution in [1.82, 2.24) is 4.90 Å². The lowest BCUT2D eigenvalue weighted by Crippen LogP contribution is -2.33. The minimum Gasteiger partial charge on any atom is -0.303 e. The molecule has 0 amide bonds. The summed E-state index contributed by atoms with van der Waals surface area (Å²) in [6.07, 6.45) is 5.12. The molecule has 1 heterocycles. The van der Waals surface area contributed by atoms with Gasteiger partial charge >= 0.3 is 0 Å². The third-order valence-electron chi connectivity index (χ3n) is 2.42. The number of nitrogens with zero attached hydrogens (tertiary/aromatic N) is 2. The van der Waals surface area contributed by atoms with Crippen molar-refractivity contribution in [2.75, 3.05) is 19.6 Å². The average Bonchev–Trinajstić information content (AvgIpc) is 2.15. The highest BCUT2D eigenvalue weighted by atomic mass is 15.1. The number of nitriles is 1. The summed E-state index contributed by atoms with van der Waals surface area (Å²) < 4.78 is 0. The molecule has 0 bridgehead atoms. The van der Waals surface area contributed by atoms with Gasteiger partial charge in [-0.05, 0) is 32.4 Å². The Hall–Kier alpha value is -0.810. The highest BCUT2D eigenvalue weighted by molar-refractivity contribution is 4.87. The van der Waals surface area contributed by atoms with Crippen LogP contribution in [0.1, 0.15) is 19.3 Å². The monoisotopic (exact) mass is 164 g/mol. The molecule has 1 rings (SSSR count). The zero-order chi connectivity index (χ0) is 8.81. The maximum atomic E-state index is 8.67. The normalized spacial score (nSPS) is 20.2. The van der Waals surface area contributed by atoms with Crippen molar-refractivity contribution in [2.24, 2.45) is 5.92 Å². The number of hydrogen-bond acceptors (Lipinski definition) is 2. The van der Waals surface area contributed by atoms with Gasteiger partial charge in [-0.2, -0.15) is 5.26 Å². The first-order valence-electron chi connectivity index (χ1n) is 4.59. The minimum atomic E-state index is 0.310. The van der Waals surface area contributed by atoms with Gasteiger partial charge in [0, 0.05) is 12.5 Å². The van der Waals surface area contributed by atoms with Gasteiger partial charge in [-0.25, -0.2) is 0 Å². The van der Waals surface area contributed by atoms with E-state index in [0.29, 0.717) is 5.92 Å². The summed E-state index contributed by atoms with van der Waals surface area (Å²) in [6, 6.07) is 2.33. The molecule has 1 fully saturated rings. The van der Waals surface area contributed by atoms with E-state index in [1.807, 2.05) is 6.08 Å². The fourth-order valence-corrected chi connectivity index (χ4v) is 1.56. The lowest BCUT2D eigenvalue weighted by Gasteiger charge is -2.28. The molecule has 2 heteroatoms. The maximum absolute atomic E-state index is 8.67. The van der Waals surface area contributed by atoms with Gasteiger partial charge in [-0.1, -0.05) is 6.08 Å². The Balaban J connectivity index is 2.18. The van der Waals surface area contributed by atoms with Gasteiger partial charge < -0.3 is 4.90 Å². The van der Waals surface area contributed by atoms with Crippen molar-refractivity contribution in [3.63, 3.8) is 0 Å². The Morgan fingerprint density at radius 2 is 2.17 bits per heavy atom. The molecule has 0 aromatic heterocycles. The van der Waals surface area contributed by atoms with E-state index in [1.165, 1.54) is 0 Å². The van der Waals surface area contributed by atoms with E-state index in [0.717, 1.165) is 38.9 Å². The van der Waals surface area contributed by atoms with E-state index in [1.54, 1.807) is 0 Å². The van der Waals surface area contributed by atoms with Gasteiger partial charge in [-0.15, -0.1) is 6.58 Å². The van der Waals surface area contributed by atoms with Crippen LogP contribution in [0.4, 0.5) is 0 Å². The molecular formula is C10H16N2. The maximum Gasteiger partial charge on any atom is 0.0656 e. The van der Waals surface area contributed by atoms with Crippen LogP contribution in [0.5, 0.6) is 0 Å². The van der Waals surface area contributed by atoms with E-state index in [4.69, 9.17) is 5.26 Å². The quantitative estimate of drug-likeness (QED) is 0.595. The van der Waals surface area contributed by atoms with Gasteiger partial charge in [0.15, 0.2) is 0 Å². The fraction of sp³-hybridized carbons (Fsp3) is 0.700. The number of piperidine rings is 1. The molecule has 0 atom stereocenters. The summed E-state index contributed by atoms with van der Waals surface area (Å²) in [5.41, 5.74) is 0. The predicted octanol–water partition coefficient (Wildman–Crippen LogP) is 1.80. The second kappa shape index (κ2) is 4.95. The fourth-order valence-electron chi connectivity index (χ4n) is 1.56. The van der Waals surface area contributed by atoms with Crippen molar-refractivity contribution in [3.05, 3.63) is 12.7 Å². The van der Waals surface area contributed by atoms with Crippen LogP contribution in [0.2, 0.25) is 0 Å². The van der Waals surface area contributed by atoms with Crippen LogP contribution in [0, 0.1) is 17.2 Å². The van der Waals surface area contributed by atoms with E-state index >= 15 is 0 Å². The average molecular weight is 164 g/mol. The summed E-state index contributed by atoms with van der Waals surface area (Å²) in [7, 11) is 0. The summed E-state index contributed by atoms with van der Waals surface area (Å²) >= 11 is 0. The highest BCUT2D eigenvalue weighted by Gasteiger charge is 2.17. The molecule has 0 saturated carbocycles. The van der Waals surface area contributed by atoms with Crippen molar-refractivity contribution in [2.45, 2.75) is 19.3 Å². The van der Waals surface area contributed by atoms with Crippen LogP contribution in [0.15, 0.2) is 12.7 Å². The lowest BCUT2D eigenvalue weighted by atomic mass is 9.98. The first-order valence-corrected chi connectivity index (χ1v) is 4.59. The summed E-state index contributed by atoms with van der Waals surface area (Å²) in [5, 5.41) is 8.67. The second-order valence-electron chi connectivity index (χ2n) is 3.32. The molecule has 12 heavy (non-hydrogen) atoms. The number of likely N-dealkylation sites (tertiary alicyclic amines) is 1. The van der Waals surface area contributed by atoms with Crippen molar-refractivity contribution < 1.29 is 0 Å². The Bertz CT molecular complexity index is 173. The summed E-state index contributed by atoms with van der Waals surface area (Å²) in [4.78, 5) is 2.41. The van der Waals surface area contributed by atoms with Crippen molar-refractivity contribution in [1.29, 1.82) is 5.26 Å². The Labute approximate surface area is 74.5 Å². The van der Waals surface area contributed by atoms with Gasteiger partial charge in [0.1, 0.15) is 0 Å². The van der Waals surface area contributed by atoms with E-state index < -0.39 is 0 Å². The SMILES string of the molecule is C=CCCN1CCC(C#N)CC1. The van der Waals surface area contributed by atoms with Gasteiger partial charge in [0.2, 0.25) is 0 Å². The Kier molecular flexibility index (Phi) is 3.83. The molecule has 1 aliphatic rings. The molecular weight excluding hydrogens is 148 g/mol. The molecule has 66 valence electrons. The molecule has 0 N–H and O–H groups in total. The largest absolute Gasteiger partial charge is 0.303 e. The molecule has 0 aromatic rings. The molecule has 0 aromatic carbocycles. The Morgan fingerprint density at radius 3 is 2.67 bits per heavy atom. The van der Waals surface area contributed by atoms with Gasteiger partial charge in [0.25, 0.3) is 0 Å². The van der Waals surface area contributed by atoms with Crippen LogP contribution in [-0.2, 0) is 0 Å². The predicted molar refractivity (Wildman–Crippen MR) is 49.6 cm³/mol. The molecule has 1 saturated heterocycles. The van der Waals surface area contributed by atoms with Crippen LogP contribution in [0.3, 0.4) is 0 Å². The number of rotatable bonds is 3. The summed E-state index contributed by atoms with van der Waals surface area (Å²) in [6.45, 7) is 6.99. The summed E-state index contributed by atoms with van der Waals surface area (Å²) in [5.74, 6) is 0.310. The van der Waals surface area contributed by atoms with Crippen LogP contribution in [0.25, 0.3) is 0 Å². The lowest BCUT2D eigenvalue weighted by molar-refractivity contribution is 0.209. The standard InChI is InChI=1S/C10H16N2/c1-2-3-6-12-7-4-10(9-11)5-8-12/h2,10H,1,3-8H2. The third kappa shape index (κ3) is 2.67. The second-order valence-corrected chi connectivity index (χ2v) is 3.32. The number of hydrogen-bond donors (Lipinski definition) is 0. The van der Waals surface area contributed by atoms with E-state index in [-0.39, 0.29) is 0 Å². The van der Waals surface area contributed by atoms with E-state index in [9.17, 15) is 0 Å². The van der Waals surface area contributed by atoms with Crippen LogP contribution < -0.4 is 0 Å². The van der Waals surface area contributed by atoms with Gasteiger partial charge in [0.05, 0.1) is 6.07 Å². The first-order chi connectivity index (χ1) is 5.86. The smallest absolute Gasteiger partial charge is 0.0656 e. The van der Waals surface area contributed by atoms with Crippen LogP contribution in [-0.4, -0.2) is 24.5 Å². The molecule has 0 aliphatic carbocycles. The molecule has 2 nitrogen and oxygen atoms in total. The third-order valence-corrected chi connectivity index (χ3v) is 2.42. The van der Waals surface area contributed by atoms with Crippen molar-refractivity contribution >= 4 is 0 Å².